The summed E-state index contributed by atoms with van der Waals surface area (Å²) in [5.41, 5.74) is 0. The second-order valence-electron chi connectivity index (χ2n) is 6.86. The lowest BCUT2D eigenvalue weighted by Gasteiger charge is -2.32. The summed E-state index contributed by atoms with van der Waals surface area (Å²) < 4.78 is 0. The molecule has 2 N–H and O–H groups in total. The van der Waals surface area contributed by atoms with Crippen LogP contribution in [0.4, 0.5) is 0 Å². The monoisotopic (exact) mass is 383 g/mol. The summed E-state index contributed by atoms with van der Waals surface area (Å²) in [6.45, 7) is 5.26. The molecule has 2 fully saturated rings. The van der Waals surface area contributed by atoms with Crippen LogP contribution in [0.1, 0.15) is 25.7 Å². The van der Waals surface area contributed by atoms with Gasteiger partial charge in [-0.25, -0.2) is 0 Å². The third-order valence-electron chi connectivity index (χ3n) is 4.96. The maximum atomic E-state index is 12.1. The van der Waals surface area contributed by atoms with E-state index in [0.29, 0.717) is 5.92 Å². The van der Waals surface area contributed by atoms with Crippen molar-refractivity contribution in [2.45, 2.75) is 36.6 Å². The average Bonchev–Trinajstić information content (AvgIpc) is 3.16. The van der Waals surface area contributed by atoms with Gasteiger partial charge in [-0.05, 0) is 56.8 Å². The van der Waals surface area contributed by atoms with E-state index in [9.17, 15) is 4.79 Å². The van der Waals surface area contributed by atoms with Gasteiger partial charge in [-0.1, -0.05) is 18.2 Å². The Bertz CT molecular complexity index is 511. The molecule has 2 unspecified atom stereocenters. The van der Waals surface area contributed by atoms with E-state index in [1.54, 1.807) is 0 Å². The van der Waals surface area contributed by atoms with Crippen LogP contribution in [0.5, 0.6) is 0 Å². The van der Waals surface area contributed by atoms with Crippen LogP contribution in [-0.2, 0) is 4.79 Å². The Morgan fingerprint density at radius 1 is 1.24 bits per heavy atom. The molecule has 25 heavy (non-hydrogen) atoms. The molecule has 2 heterocycles. The van der Waals surface area contributed by atoms with Gasteiger partial charge in [0.05, 0.1) is 6.04 Å². The average molecular weight is 384 g/mol. The first-order valence-electron chi connectivity index (χ1n) is 9.22. The highest BCUT2D eigenvalue weighted by Gasteiger charge is 2.24. The van der Waals surface area contributed by atoms with Crippen LogP contribution in [0.2, 0.25) is 0 Å². The van der Waals surface area contributed by atoms with Crippen LogP contribution < -0.4 is 10.6 Å². The Balaban J connectivity index is 0.00000225. The molecule has 2 aliphatic rings. The van der Waals surface area contributed by atoms with Crippen LogP contribution in [-0.4, -0.2) is 55.3 Å². The van der Waals surface area contributed by atoms with Crippen LogP contribution in [0, 0.1) is 5.92 Å². The van der Waals surface area contributed by atoms with Crippen molar-refractivity contribution in [3.63, 3.8) is 0 Å². The van der Waals surface area contributed by atoms with Gasteiger partial charge < -0.3 is 15.5 Å². The molecule has 140 valence electrons. The number of benzene rings is 1. The first-order valence-corrected chi connectivity index (χ1v) is 10.2. The van der Waals surface area contributed by atoms with Gasteiger partial charge in [0.1, 0.15) is 0 Å². The number of hydrogen-bond donors (Lipinski definition) is 2. The predicted molar refractivity (Wildman–Crippen MR) is 108 cm³/mol. The van der Waals surface area contributed by atoms with E-state index >= 15 is 0 Å². The molecule has 2 atom stereocenters. The van der Waals surface area contributed by atoms with Gasteiger partial charge in [0.15, 0.2) is 0 Å². The number of likely N-dealkylation sites (tertiary alicyclic amines) is 1. The minimum absolute atomic E-state index is 0. The Hall–Kier alpha value is -0.750. The molecule has 1 aromatic carbocycles. The Morgan fingerprint density at radius 2 is 2.08 bits per heavy atom. The third-order valence-corrected chi connectivity index (χ3v) is 5.96. The van der Waals surface area contributed by atoms with Gasteiger partial charge >= 0.3 is 0 Å². The van der Waals surface area contributed by atoms with Crippen molar-refractivity contribution in [2.75, 3.05) is 38.5 Å². The summed E-state index contributed by atoms with van der Waals surface area (Å²) in [5, 5.41) is 6.43. The van der Waals surface area contributed by atoms with Crippen molar-refractivity contribution in [3.05, 3.63) is 30.3 Å². The lowest BCUT2D eigenvalue weighted by atomic mass is 9.98. The SMILES string of the molecule is Cl.O=C(NCC1CCCN(CCSc2ccccc2)C1)C1CCCN1. The first-order chi connectivity index (χ1) is 11.8. The van der Waals surface area contributed by atoms with Crippen LogP contribution in [0.3, 0.4) is 0 Å². The summed E-state index contributed by atoms with van der Waals surface area (Å²) >= 11 is 1.93. The Labute approximate surface area is 161 Å². The van der Waals surface area contributed by atoms with E-state index in [2.05, 4.69) is 45.9 Å². The zero-order valence-corrected chi connectivity index (χ0v) is 16.4. The van der Waals surface area contributed by atoms with Crippen molar-refractivity contribution in [2.24, 2.45) is 5.92 Å². The molecular formula is C19H30ClN3OS. The van der Waals surface area contributed by atoms with E-state index in [1.807, 2.05) is 11.8 Å². The maximum absolute atomic E-state index is 12.1. The van der Waals surface area contributed by atoms with Crippen molar-refractivity contribution in [3.8, 4) is 0 Å². The molecule has 1 aromatic rings. The molecule has 4 nitrogen and oxygen atoms in total. The molecule has 3 rings (SSSR count). The van der Waals surface area contributed by atoms with Crippen molar-refractivity contribution < 1.29 is 4.79 Å². The van der Waals surface area contributed by atoms with E-state index < -0.39 is 0 Å². The largest absolute Gasteiger partial charge is 0.354 e. The quantitative estimate of drug-likeness (QED) is 0.710. The third kappa shape index (κ3) is 6.81. The molecule has 0 aliphatic carbocycles. The number of halogens is 1. The molecule has 2 aliphatic heterocycles. The highest BCUT2D eigenvalue weighted by Crippen LogP contribution is 2.20. The topological polar surface area (TPSA) is 44.4 Å². The second kappa shape index (κ2) is 11.1. The fraction of sp³-hybridized carbons (Fsp3) is 0.632. The normalized spacial score (nSPS) is 23.8. The van der Waals surface area contributed by atoms with Gasteiger partial charge in [0.25, 0.3) is 0 Å². The first kappa shape index (κ1) is 20.6. The van der Waals surface area contributed by atoms with Crippen LogP contribution >= 0.6 is 24.2 Å². The molecule has 0 radical (unpaired) electrons. The number of nitrogens with zero attached hydrogens (tertiary/aromatic N) is 1. The fourth-order valence-electron chi connectivity index (χ4n) is 3.61. The lowest BCUT2D eigenvalue weighted by molar-refractivity contribution is -0.123. The molecule has 0 spiro atoms. The van der Waals surface area contributed by atoms with Gasteiger partial charge in [-0.2, -0.15) is 0 Å². The van der Waals surface area contributed by atoms with Gasteiger partial charge in [-0.15, -0.1) is 24.2 Å². The highest BCUT2D eigenvalue weighted by molar-refractivity contribution is 7.99. The summed E-state index contributed by atoms with van der Waals surface area (Å²) in [6.07, 6.45) is 4.59. The van der Waals surface area contributed by atoms with E-state index in [0.717, 1.165) is 44.8 Å². The van der Waals surface area contributed by atoms with E-state index in [4.69, 9.17) is 0 Å². The molecule has 2 saturated heterocycles. The van der Waals surface area contributed by atoms with Gasteiger partial charge in [0.2, 0.25) is 5.91 Å². The second-order valence-corrected chi connectivity index (χ2v) is 8.03. The standard InChI is InChI=1S/C19H29N3OS.ClH/c23-19(18-9-4-10-20-18)21-14-16-6-5-11-22(15-16)12-13-24-17-7-2-1-3-8-17;/h1-3,7-8,16,18,20H,4-6,9-15H2,(H,21,23);1H. The molecular weight excluding hydrogens is 354 g/mol. The number of hydrogen-bond acceptors (Lipinski definition) is 4. The van der Waals surface area contributed by atoms with Crippen LogP contribution in [0.25, 0.3) is 0 Å². The highest BCUT2D eigenvalue weighted by atomic mass is 35.5. The molecule has 0 bridgehead atoms. The zero-order chi connectivity index (χ0) is 16.6. The van der Waals surface area contributed by atoms with Crippen molar-refractivity contribution in [1.82, 2.24) is 15.5 Å². The zero-order valence-electron chi connectivity index (χ0n) is 14.8. The minimum Gasteiger partial charge on any atom is -0.354 e. The number of piperidine rings is 1. The summed E-state index contributed by atoms with van der Waals surface area (Å²) in [5.74, 6) is 1.94. The number of nitrogens with one attached hydrogen (secondary N) is 2. The number of rotatable bonds is 7. The fourth-order valence-corrected chi connectivity index (χ4v) is 4.54. The number of carbonyl (C=O) groups is 1. The number of carbonyl (C=O) groups excluding carboxylic acids is 1. The summed E-state index contributed by atoms with van der Waals surface area (Å²) in [6, 6.07) is 10.7. The smallest absolute Gasteiger partial charge is 0.237 e. The predicted octanol–water partition coefficient (Wildman–Crippen LogP) is 2.78. The lowest BCUT2D eigenvalue weighted by Crippen LogP contribution is -2.45. The van der Waals surface area contributed by atoms with Gasteiger partial charge in [-0.3, -0.25) is 4.79 Å². The van der Waals surface area contributed by atoms with Crippen molar-refractivity contribution >= 4 is 30.1 Å². The Kier molecular flexibility index (Phi) is 9.10. The minimum atomic E-state index is 0. The molecule has 0 aromatic heterocycles. The Morgan fingerprint density at radius 3 is 2.84 bits per heavy atom. The number of amides is 1. The summed E-state index contributed by atoms with van der Waals surface area (Å²) in [4.78, 5) is 16.0. The number of thioether (sulfide) groups is 1. The molecule has 0 saturated carbocycles. The van der Waals surface area contributed by atoms with E-state index in [-0.39, 0.29) is 24.4 Å². The molecule has 1 amide bonds. The van der Waals surface area contributed by atoms with Crippen molar-refractivity contribution in [1.29, 1.82) is 0 Å². The summed E-state index contributed by atoms with van der Waals surface area (Å²) in [7, 11) is 0. The maximum Gasteiger partial charge on any atom is 0.237 e. The van der Waals surface area contributed by atoms with Crippen LogP contribution in [0.15, 0.2) is 35.2 Å². The van der Waals surface area contributed by atoms with Gasteiger partial charge in [0, 0.05) is 30.3 Å². The van der Waals surface area contributed by atoms with E-state index in [1.165, 1.54) is 24.3 Å². The molecule has 6 heteroatoms.